The van der Waals surface area contributed by atoms with Gasteiger partial charge in [-0.2, -0.15) is 0 Å². The van der Waals surface area contributed by atoms with Crippen LogP contribution in [0.3, 0.4) is 0 Å². The number of hydrogen-bond acceptors (Lipinski definition) is 8. The highest BCUT2D eigenvalue weighted by Gasteiger charge is 2.35. The Hall–Kier alpha value is -4.38. The van der Waals surface area contributed by atoms with Crippen molar-refractivity contribution in [1.29, 1.82) is 0 Å². The van der Waals surface area contributed by atoms with Gasteiger partial charge in [-0.3, -0.25) is 9.36 Å². The average molecular weight is 640 g/mol. The van der Waals surface area contributed by atoms with E-state index in [4.69, 9.17) is 47.5 Å². The molecule has 1 aromatic heterocycles. The molecule has 0 radical (unpaired) electrons. The van der Waals surface area contributed by atoms with E-state index in [1.54, 1.807) is 31.2 Å². The minimum atomic E-state index is -1.18. The van der Waals surface area contributed by atoms with Crippen molar-refractivity contribution in [2.45, 2.75) is 13.0 Å². The van der Waals surface area contributed by atoms with Crippen LogP contribution >= 0.6 is 34.5 Å². The first kappa shape index (κ1) is 30.1. The Labute approximate surface area is 259 Å². The number of nitrogens with zero attached hydrogens (tertiary/aromatic N) is 2. The van der Waals surface area contributed by atoms with Crippen LogP contribution in [0.4, 0.5) is 0 Å². The van der Waals surface area contributed by atoms with E-state index in [1.807, 2.05) is 36.4 Å². The second kappa shape index (κ2) is 12.9. The fourth-order valence-electron chi connectivity index (χ4n) is 4.65. The van der Waals surface area contributed by atoms with Crippen molar-refractivity contribution >= 4 is 58.3 Å². The average Bonchev–Trinajstić information content (AvgIpc) is 3.30. The number of methoxy groups -OCH3 is 1. The summed E-state index contributed by atoms with van der Waals surface area (Å²) in [5.41, 5.74) is 2.01. The standard InChI is InChI=1S/C31H24Cl2N2O7S/c1-3-41-30(39)25-26(18-8-5-4-6-9-18)34-31-35(27(25)19-10-7-11-20(15-19)40-2)29(38)23(43-31)14-17-12-21(32)28(22(33)13-17)42-16-24(36)37/h4-15,27H,3,16H2,1-2H3,(H,36,37)/b23-14-/t27-/m0/s1. The van der Waals surface area contributed by atoms with Gasteiger partial charge in [0.05, 0.1) is 45.6 Å². The van der Waals surface area contributed by atoms with Gasteiger partial charge in [0.2, 0.25) is 0 Å². The molecule has 43 heavy (non-hydrogen) atoms. The smallest absolute Gasteiger partial charge is 0.341 e. The molecule has 1 aliphatic heterocycles. The molecular weight excluding hydrogens is 615 g/mol. The van der Waals surface area contributed by atoms with Gasteiger partial charge in [0, 0.05) is 5.56 Å². The number of carbonyl (C=O) groups is 2. The Morgan fingerprint density at radius 3 is 2.44 bits per heavy atom. The van der Waals surface area contributed by atoms with E-state index in [0.29, 0.717) is 37.5 Å². The van der Waals surface area contributed by atoms with Crippen LogP contribution in [0.5, 0.6) is 11.5 Å². The number of fused-ring (bicyclic) bond motifs is 1. The molecule has 4 aromatic rings. The monoisotopic (exact) mass is 638 g/mol. The molecule has 9 nitrogen and oxygen atoms in total. The van der Waals surface area contributed by atoms with Crippen LogP contribution < -0.4 is 24.4 Å². The van der Waals surface area contributed by atoms with E-state index < -0.39 is 30.1 Å². The highest BCUT2D eigenvalue weighted by Crippen LogP contribution is 2.37. The van der Waals surface area contributed by atoms with Gasteiger partial charge in [-0.15, -0.1) is 0 Å². The first-order valence-corrected chi connectivity index (χ1v) is 14.5. The quantitative estimate of drug-likeness (QED) is 0.264. The predicted molar refractivity (Wildman–Crippen MR) is 164 cm³/mol. The third kappa shape index (κ3) is 6.22. The maximum Gasteiger partial charge on any atom is 0.341 e. The zero-order chi connectivity index (χ0) is 30.7. The first-order valence-electron chi connectivity index (χ1n) is 13.0. The Balaban J connectivity index is 1.75. The molecule has 0 bridgehead atoms. The molecule has 3 aromatic carbocycles. The maximum absolute atomic E-state index is 14.1. The van der Waals surface area contributed by atoms with E-state index in [1.165, 1.54) is 23.8 Å². The molecule has 2 heterocycles. The Morgan fingerprint density at radius 1 is 1.07 bits per heavy atom. The summed E-state index contributed by atoms with van der Waals surface area (Å²) in [5.74, 6) is -1.20. The number of carboxylic acid groups (broad SMARTS) is 1. The molecule has 0 amide bonds. The van der Waals surface area contributed by atoms with E-state index in [9.17, 15) is 14.4 Å². The van der Waals surface area contributed by atoms with Gasteiger partial charge in [-0.05, 0) is 48.4 Å². The van der Waals surface area contributed by atoms with Crippen molar-refractivity contribution in [3.05, 3.63) is 119 Å². The number of esters is 1. The molecule has 5 rings (SSSR count). The molecule has 1 atom stereocenters. The fraction of sp³-hybridized carbons (Fsp3) is 0.161. The lowest BCUT2D eigenvalue weighted by molar-refractivity contribution is -0.140. The third-order valence-corrected chi connectivity index (χ3v) is 7.99. The lowest BCUT2D eigenvalue weighted by atomic mass is 9.93. The van der Waals surface area contributed by atoms with Crippen LogP contribution in [-0.2, 0) is 14.3 Å². The second-order valence-electron chi connectivity index (χ2n) is 9.20. The highest BCUT2D eigenvalue weighted by atomic mass is 35.5. The molecular formula is C31H24Cl2N2O7S. The van der Waals surface area contributed by atoms with Gasteiger partial charge in [-0.25, -0.2) is 14.6 Å². The summed E-state index contributed by atoms with van der Waals surface area (Å²) in [6.07, 6.45) is 1.60. The van der Waals surface area contributed by atoms with Gasteiger partial charge in [0.1, 0.15) is 5.75 Å². The largest absolute Gasteiger partial charge is 0.497 e. The topological polar surface area (TPSA) is 116 Å². The van der Waals surface area contributed by atoms with Crippen molar-refractivity contribution in [3.8, 4) is 11.5 Å². The lowest BCUT2D eigenvalue weighted by Gasteiger charge is -2.26. The van der Waals surface area contributed by atoms with Crippen LogP contribution in [-0.4, -0.2) is 41.9 Å². The zero-order valence-corrected chi connectivity index (χ0v) is 25.2. The molecule has 0 saturated heterocycles. The number of benzene rings is 3. The molecule has 0 aliphatic carbocycles. The van der Waals surface area contributed by atoms with Crippen LogP contribution in [0.15, 0.2) is 82.1 Å². The number of carbonyl (C=O) groups excluding carboxylic acids is 1. The molecule has 1 N–H and O–H groups in total. The number of aliphatic carboxylic acids is 1. The number of hydrogen-bond donors (Lipinski definition) is 1. The number of thiazole rings is 1. The number of carboxylic acids is 1. The van der Waals surface area contributed by atoms with Gasteiger partial charge in [0.25, 0.3) is 5.56 Å². The lowest BCUT2D eigenvalue weighted by Crippen LogP contribution is -2.40. The number of rotatable bonds is 9. The van der Waals surface area contributed by atoms with Gasteiger partial charge in [-0.1, -0.05) is 77.0 Å². The van der Waals surface area contributed by atoms with E-state index >= 15 is 0 Å². The van der Waals surface area contributed by atoms with E-state index in [-0.39, 0.29) is 28.0 Å². The van der Waals surface area contributed by atoms with Gasteiger partial charge >= 0.3 is 11.9 Å². The summed E-state index contributed by atoms with van der Waals surface area (Å²) in [7, 11) is 1.54. The Morgan fingerprint density at radius 2 is 1.79 bits per heavy atom. The summed E-state index contributed by atoms with van der Waals surface area (Å²) in [5, 5.41) is 9.09. The molecule has 0 saturated carbocycles. The molecule has 0 spiro atoms. The van der Waals surface area contributed by atoms with Crippen molar-refractivity contribution in [2.75, 3.05) is 20.3 Å². The van der Waals surface area contributed by atoms with Crippen LogP contribution in [0.25, 0.3) is 11.8 Å². The minimum absolute atomic E-state index is 0.0222. The van der Waals surface area contributed by atoms with E-state index in [0.717, 1.165) is 11.3 Å². The predicted octanol–water partition coefficient (Wildman–Crippen LogP) is 4.71. The number of halogens is 2. The normalized spacial score (nSPS) is 14.6. The number of aromatic nitrogens is 1. The van der Waals surface area contributed by atoms with Crippen LogP contribution in [0, 0.1) is 0 Å². The van der Waals surface area contributed by atoms with E-state index in [2.05, 4.69) is 0 Å². The molecule has 0 unspecified atom stereocenters. The highest BCUT2D eigenvalue weighted by molar-refractivity contribution is 7.07. The van der Waals surface area contributed by atoms with Crippen molar-refractivity contribution < 1.29 is 28.9 Å². The summed E-state index contributed by atoms with van der Waals surface area (Å²) in [6, 6.07) is 18.5. The third-order valence-electron chi connectivity index (χ3n) is 6.44. The summed E-state index contributed by atoms with van der Waals surface area (Å²) in [6.45, 7) is 1.23. The van der Waals surface area contributed by atoms with Crippen molar-refractivity contribution in [1.82, 2.24) is 4.57 Å². The molecule has 220 valence electrons. The van der Waals surface area contributed by atoms with Crippen molar-refractivity contribution in [3.63, 3.8) is 0 Å². The summed E-state index contributed by atoms with van der Waals surface area (Å²) < 4.78 is 17.9. The SMILES string of the molecule is CCOC(=O)C1=C(c2ccccc2)N=c2s/c(=C\c3cc(Cl)c(OCC(=O)O)c(Cl)c3)c(=O)n2[C@H]1c1cccc(OC)c1. The van der Waals surface area contributed by atoms with Crippen LogP contribution in [0.2, 0.25) is 10.0 Å². The van der Waals surface area contributed by atoms with Gasteiger partial charge in [0.15, 0.2) is 17.2 Å². The Bertz CT molecular complexity index is 1910. The van der Waals surface area contributed by atoms with Crippen LogP contribution in [0.1, 0.15) is 29.7 Å². The fourth-order valence-corrected chi connectivity index (χ4v) is 6.27. The molecule has 1 aliphatic rings. The maximum atomic E-state index is 14.1. The minimum Gasteiger partial charge on any atom is -0.497 e. The summed E-state index contributed by atoms with van der Waals surface area (Å²) in [4.78, 5) is 43.7. The summed E-state index contributed by atoms with van der Waals surface area (Å²) >= 11 is 13.8. The zero-order valence-electron chi connectivity index (χ0n) is 22.9. The van der Waals surface area contributed by atoms with Crippen molar-refractivity contribution in [2.24, 2.45) is 4.99 Å². The first-order chi connectivity index (χ1) is 20.7. The van der Waals surface area contributed by atoms with Gasteiger partial charge < -0.3 is 19.3 Å². The Kier molecular flexibility index (Phi) is 9.00. The molecule has 12 heteroatoms. The second-order valence-corrected chi connectivity index (χ2v) is 11.0. The molecule has 0 fully saturated rings. The number of ether oxygens (including phenoxy) is 3.